The number of morpholine rings is 1. The quantitative estimate of drug-likeness (QED) is 0.706. The lowest BCUT2D eigenvalue weighted by Gasteiger charge is -2.27. The van der Waals surface area contributed by atoms with Crippen molar-refractivity contribution in [1.82, 2.24) is 9.80 Å². The third-order valence-corrected chi connectivity index (χ3v) is 5.77. The van der Waals surface area contributed by atoms with E-state index in [1.165, 1.54) is 12.1 Å². The van der Waals surface area contributed by atoms with Crippen molar-refractivity contribution in [1.29, 1.82) is 0 Å². The number of carbonyl (C=O) groups is 4. The molecule has 2 aromatic rings. The van der Waals surface area contributed by atoms with Crippen LogP contribution in [0, 0.1) is 0 Å². The molecule has 160 valence electrons. The van der Waals surface area contributed by atoms with Crippen molar-refractivity contribution in [3.05, 3.63) is 63.1 Å². The summed E-state index contributed by atoms with van der Waals surface area (Å²) >= 11 is 11.9. The molecular weight excluding hydrogens is 445 g/mol. The average Bonchev–Trinajstić information content (AvgIpc) is 2.99. The van der Waals surface area contributed by atoms with E-state index in [0.717, 1.165) is 4.90 Å². The van der Waals surface area contributed by atoms with Crippen molar-refractivity contribution in [2.24, 2.45) is 0 Å². The molecular formula is C21H17Cl2N3O5. The molecule has 0 aliphatic carbocycles. The van der Waals surface area contributed by atoms with Gasteiger partial charge in [0.05, 0.1) is 45.6 Å². The highest BCUT2D eigenvalue weighted by atomic mass is 35.5. The highest BCUT2D eigenvalue weighted by Gasteiger charge is 2.37. The highest BCUT2D eigenvalue weighted by Crippen LogP contribution is 2.31. The number of amides is 4. The number of fused-ring (bicyclic) bond motifs is 1. The van der Waals surface area contributed by atoms with Gasteiger partial charge in [-0.3, -0.25) is 24.1 Å². The number of halogens is 2. The maximum absolute atomic E-state index is 12.8. The van der Waals surface area contributed by atoms with E-state index in [9.17, 15) is 19.2 Å². The maximum atomic E-state index is 12.8. The molecule has 2 heterocycles. The van der Waals surface area contributed by atoms with Gasteiger partial charge in [0.25, 0.3) is 17.7 Å². The topological polar surface area (TPSA) is 96.0 Å². The molecule has 4 amide bonds. The van der Waals surface area contributed by atoms with Gasteiger partial charge in [-0.2, -0.15) is 0 Å². The summed E-state index contributed by atoms with van der Waals surface area (Å²) in [7, 11) is 0. The van der Waals surface area contributed by atoms with Crippen LogP contribution < -0.4 is 5.32 Å². The number of imide groups is 1. The summed E-state index contributed by atoms with van der Waals surface area (Å²) in [6.45, 7) is 1.31. The van der Waals surface area contributed by atoms with Gasteiger partial charge in [-0.05, 0) is 24.3 Å². The van der Waals surface area contributed by atoms with Gasteiger partial charge in [0.2, 0.25) is 5.91 Å². The molecule has 1 fully saturated rings. The Labute approximate surface area is 187 Å². The molecule has 8 nitrogen and oxygen atoms in total. The summed E-state index contributed by atoms with van der Waals surface area (Å²) in [5, 5.41) is 2.92. The number of nitrogens with one attached hydrogen (secondary N) is 1. The van der Waals surface area contributed by atoms with E-state index in [1.807, 2.05) is 0 Å². The molecule has 0 saturated carbocycles. The summed E-state index contributed by atoms with van der Waals surface area (Å²) in [6, 6.07) is 9.20. The van der Waals surface area contributed by atoms with E-state index in [-0.39, 0.29) is 27.1 Å². The number of hydrogen-bond acceptors (Lipinski definition) is 5. The fourth-order valence-corrected chi connectivity index (χ4v) is 3.80. The highest BCUT2D eigenvalue weighted by molar-refractivity contribution is 6.43. The van der Waals surface area contributed by atoms with Crippen LogP contribution in [0.2, 0.25) is 10.0 Å². The molecule has 10 heteroatoms. The van der Waals surface area contributed by atoms with E-state index in [2.05, 4.69) is 5.32 Å². The van der Waals surface area contributed by atoms with Crippen molar-refractivity contribution in [3.63, 3.8) is 0 Å². The second kappa shape index (κ2) is 8.66. The summed E-state index contributed by atoms with van der Waals surface area (Å²) < 4.78 is 5.27. The van der Waals surface area contributed by atoms with Crippen LogP contribution in [0.5, 0.6) is 0 Å². The Morgan fingerprint density at radius 3 is 2.16 bits per heavy atom. The lowest BCUT2D eigenvalue weighted by atomic mass is 10.1. The van der Waals surface area contributed by atoms with Gasteiger partial charge >= 0.3 is 0 Å². The average molecular weight is 462 g/mol. The number of para-hydroxylation sites is 1. The van der Waals surface area contributed by atoms with Gasteiger partial charge in [0.1, 0.15) is 6.54 Å². The van der Waals surface area contributed by atoms with Gasteiger partial charge in [-0.15, -0.1) is 0 Å². The second-order valence-electron chi connectivity index (χ2n) is 7.01. The van der Waals surface area contributed by atoms with E-state index < -0.39 is 24.3 Å². The molecule has 0 unspecified atom stereocenters. The minimum atomic E-state index is -0.633. The molecule has 0 bridgehead atoms. The zero-order valence-electron chi connectivity index (χ0n) is 16.2. The van der Waals surface area contributed by atoms with Crippen LogP contribution in [-0.2, 0) is 9.53 Å². The second-order valence-corrected chi connectivity index (χ2v) is 7.82. The normalized spacial score (nSPS) is 15.8. The maximum Gasteiger partial charge on any atom is 0.262 e. The molecule has 1 saturated heterocycles. The largest absolute Gasteiger partial charge is 0.378 e. The first kappa shape index (κ1) is 21.3. The fraction of sp³-hybridized carbons (Fsp3) is 0.238. The van der Waals surface area contributed by atoms with Crippen LogP contribution in [0.15, 0.2) is 36.4 Å². The van der Waals surface area contributed by atoms with E-state index >= 15 is 0 Å². The summed E-state index contributed by atoms with van der Waals surface area (Å²) in [5.74, 6) is -2.11. The first-order chi connectivity index (χ1) is 14.9. The molecule has 0 aromatic heterocycles. The summed E-state index contributed by atoms with van der Waals surface area (Å²) in [6.07, 6.45) is 0. The first-order valence-electron chi connectivity index (χ1n) is 9.48. The molecule has 2 aliphatic rings. The number of hydrogen-bond donors (Lipinski definition) is 1. The lowest BCUT2D eigenvalue weighted by Crippen LogP contribution is -2.41. The Morgan fingerprint density at radius 1 is 0.968 bits per heavy atom. The van der Waals surface area contributed by atoms with E-state index in [0.29, 0.717) is 37.6 Å². The fourth-order valence-electron chi connectivity index (χ4n) is 3.48. The predicted molar refractivity (Wildman–Crippen MR) is 114 cm³/mol. The van der Waals surface area contributed by atoms with Crippen LogP contribution in [0.4, 0.5) is 5.69 Å². The SMILES string of the molecule is O=C(CN1C(=O)c2cc(Cl)c(Cl)cc2C1=O)Nc1ccccc1C(=O)N1CCOCC1. The summed E-state index contributed by atoms with van der Waals surface area (Å²) in [5.41, 5.74) is 0.801. The molecule has 1 N–H and O–H groups in total. The van der Waals surface area contributed by atoms with Crippen molar-refractivity contribution in [2.45, 2.75) is 0 Å². The van der Waals surface area contributed by atoms with Crippen LogP contribution in [0.3, 0.4) is 0 Å². The number of carbonyl (C=O) groups excluding carboxylic acids is 4. The number of nitrogens with zero attached hydrogens (tertiary/aromatic N) is 2. The smallest absolute Gasteiger partial charge is 0.262 e. The van der Waals surface area contributed by atoms with E-state index in [4.69, 9.17) is 27.9 Å². The Hall–Kier alpha value is -2.94. The number of ether oxygens (including phenoxy) is 1. The minimum absolute atomic E-state index is 0.0927. The first-order valence-corrected chi connectivity index (χ1v) is 10.2. The molecule has 4 rings (SSSR count). The molecule has 0 spiro atoms. The Bertz CT molecular complexity index is 1060. The third kappa shape index (κ3) is 4.14. The zero-order chi connectivity index (χ0) is 22.1. The van der Waals surface area contributed by atoms with Gasteiger partial charge in [0.15, 0.2) is 0 Å². The molecule has 0 atom stereocenters. The monoisotopic (exact) mass is 461 g/mol. The van der Waals surface area contributed by atoms with Crippen LogP contribution in [-0.4, -0.2) is 66.3 Å². The van der Waals surface area contributed by atoms with Crippen molar-refractivity contribution < 1.29 is 23.9 Å². The number of rotatable bonds is 4. The minimum Gasteiger partial charge on any atom is -0.378 e. The van der Waals surface area contributed by atoms with Gasteiger partial charge in [-0.25, -0.2) is 0 Å². The van der Waals surface area contributed by atoms with Crippen molar-refractivity contribution in [3.8, 4) is 0 Å². The van der Waals surface area contributed by atoms with Crippen LogP contribution >= 0.6 is 23.2 Å². The summed E-state index contributed by atoms with van der Waals surface area (Å²) in [4.78, 5) is 53.1. The zero-order valence-corrected chi connectivity index (χ0v) is 17.7. The predicted octanol–water partition coefficient (Wildman–Crippen LogP) is 2.70. The van der Waals surface area contributed by atoms with Crippen molar-refractivity contribution in [2.75, 3.05) is 38.2 Å². The number of benzene rings is 2. The van der Waals surface area contributed by atoms with Gasteiger partial charge in [0, 0.05) is 13.1 Å². The number of anilines is 1. The molecule has 2 aromatic carbocycles. The third-order valence-electron chi connectivity index (χ3n) is 5.04. The van der Waals surface area contributed by atoms with E-state index in [1.54, 1.807) is 29.2 Å². The molecule has 31 heavy (non-hydrogen) atoms. The Kier molecular flexibility index (Phi) is 5.95. The standard InChI is InChI=1S/C21H17Cl2N3O5/c22-15-9-13-14(10-16(15)23)21(30)26(20(13)29)11-18(27)24-17-4-2-1-3-12(17)19(28)25-5-7-31-8-6-25/h1-4,9-10H,5-8,11H2,(H,24,27). The van der Waals surface area contributed by atoms with Crippen LogP contribution in [0.1, 0.15) is 31.1 Å². The van der Waals surface area contributed by atoms with Gasteiger partial charge in [-0.1, -0.05) is 35.3 Å². The lowest BCUT2D eigenvalue weighted by molar-refractivity contribution is -0.116. The van der Waals surface area contributed by atoms with Crippen LogP contribution in [0.25, 0.3) is 0 Å². The Balaban J connectivity index is 1.49. The Morgan fingerprint density at radius 2 is 1.55 bits per heavy atom. The molecule has 0 radical (unpaired) electrons. The van der Waals surface area contributed by atoms with Gasteiger partial charge < -0.3 is 15.0 Å². The van der Waals surface area contributed by atoms with Crippen molar-refractivity contribution >= 4 is 52.5 Å². The molecule has 2 aliphatic heterocycles.